The van der Waals surface area contributed by atoms with E-state index in [1.54, 1.807) is 6.07 Å². The molecule has 82 valence electrons. The van der Waals surface area contributed by atoms with E-state index in [2.05, 4.69) is 0 Å². The van der Waals surface area contributed by atoms with Crippen molar-refractivity contribution in [2.75, 3.05) is 6.61 Å². The Hall–Kier alpha value is -1.59. The van der Waals surface area contributed by atoms with Crippen molar-refractivity contribution in [1.29, 1.82) is 0 Å². The van der Waals surface area contributed by atoms with E-state index in [4.69, 9.17) is 15.0 Å². The fraction of sp³-hybridized carbons (Fsp3) is 0.300. The molecule has 0 saturated carbocycles. The summed E-state index contributed by atoms with van der Waals surface area (Å²) < 4.78 is 10.3. The number of nitrogens with one attached hydrogen (secondary N) is 1. The molecule has 0 unspecified atom stereocenters. The minimum atomic E-state index is -0.376. The average Bonchev–Trinajstić information content (AvgIpc) is 2.72. The Morgan fingerprint density at radius 1 is 1.73 bits per heavy atom. The molecule has 0 bridgehead atoms. The molecule has 0 aliphatic heterocycles. The molecular formula is C10H14N2O3. The second kappa shape index (κ2) is 6.00. The van der Waals surface area contributed by atoms with Crippen LogP contribution in [0.5, 0.6) is 0 Å². The highest BCUT2D eigenvalue weighted by Gasteiger charge is 2.07. The van der Waals surface area contributed by atoms with Crippen molar-refractivity contribution in [1.82, 2.24) is 5.43 Å². The summed E-state index contributed by atoms with van der Waals surface area (Å²) >= 11 is 0. The van der Waals surface area contributed by atoms with Crippen molar-refractivity contribution in [3.05, 3.63) is 35.8 Å². The number of rotatable bonds is 5. The molecule has 3 N–H and O–H groups in total. The number of carbonyl (C=O) groups is 1. The molecule has 0 aliphatic carbocycles. The van der Waals surface area contributed by atoms with Gasteiger partial charge >= 0.3 is 0 Å². The minimum absolute atomic E-state index is 0.336. The van der Waals surface area contributed by atoms with Crippen molar-refractivity contribution in [3.8, 4) is 0 Å². The molecule has 0 radical (unpaired) electrons. The van der Waals surface area contributed by atoms with Gasteiger partial charge in [0.25, 0.3) is 5.91 Å². The van der Waals surface area contributed by atoms with Crippen LogP contribution in [0.15, 0.2) is 28.9 Å². The Kier molecular flexibility index (Phi) is 4.59. The Labute approximate surface area is 87.9 Å². The molecule has 5 heteroatoms. The zero-order chi connectivity index (χ0) is 11.1. The van der Waals surface area contributed by atoms with Crippen LogP contribution in [0.2, 0.25) is 0 Å². The van der Waals surface area contributed by atoms with Gasteiger partial charge in [-0.2, -0.15) is 0 Å². The molecule has 1 aromatic heterocycles. The van der Waals surface area contributed by atoms with E-state index in [-0.39, 0.29) is 5.91 Å². The molecular weight excluding hydrogens is 196 g/mol. The van der Waals surface area contributed by atoms with Crippen LogP contribution in [0.1, 0.15) is 23.0 Å². The van der Waals surface area contributed by atoms with Gasteiger partial charge in [0, 0.05) is 0 Å². The Morgan fingerprint density at radius 2 is 2.53 bits per heavy atom. The van der Waals surface area contributed by atoms with E-state index in [0.29, 0.717) is 24.5 Å². The van der Waals surface area contributed by atoms with E-state index in [9.17, 15) is 4.79 Å². The van der Waals surface area contributed by atoms with Crippen LogP contribution >= 0.6 is 0 Å². The van der Waals surface area contributed by atoms with Crippen molar-refractivity contribution < 1.29 is 13.9 Å². The predicted octanol–water partition coefficient (Wildman–Crippen LogP) is 0.976. The average molecular weight is 210 g/mol. The van der Waals surface area contributed by atoms with Gasteiger partial charge in [-0.15, -0.1) is 0 Å². The summed E-state index contributed by atoms with van der Waals surface area (Å²) in [4.78, 5) is 11.1. The molecule has 15 heavy (non-hydrogen) atoms. The number of nitrogen functional groups attached to an aromatic ring is 1. The fourth-order valence-electron chi connectivity index (χ4n) is 0.983. The lowest BCUT2D eigenvalue weighted by molar-refractivity contribution is 0.0953. The molecule has 0 aliphatic rings. The van der Waals surface area contributed by atoms with E-state index < -0.39 is 0 Å². The van der Waals surface area contributed by atoms with Crippen LogP contribution in [-0.4, -0.2) is 12.5 Å². The van der Waals surface area contributed by atoms with Gasteiger partial charge in [0.1, 0.15) is 18.6 Å². The first-order valence-corrected chi connectivity index (χ1v) is 4.55. The van der Waals surface area contributed by atoms with Crippen molar-refractivity contribution >= 4 is 5.91 Å². The van der Waals surface area contributed by atoms with E-state index in [1.165, 1.54) is 6.26 Å². The highest BCUT2D eigenvalue weighted by Crippen LogP contribution is 2.08. The Morgan fingerprint density at radius 3 is 3.20 bits per heavy atom. The standard InChI is InChI=1S/C10H14N2O3/c1-2-3-4-14-7-9-5-8(6-15-9)10(13)12-11/h2-3,5-6H,4,7,11H2,1H3,(H,12,13). The lowest BCUT2D eigenvalue weighted by atomic mass is 10.3. The summed E-state index contributed by atoms with van der Waals surface area (Å²) in [7, 11) is 0. The topological polar surface area (TPSA) is 77.5 Å². The van der Waals surface area contributed by atoms with Crippen LogP contribution in [-0.2, 0) is 11.3 Å². The molecule has 0 spiro atoms. The lowest BCUT2D eigenvalue weighted by Gasteiger charge is -1.95. The molecule has 1 aromatic rings. The second-order valence-electron chi connectivity index (χ2n) is 2.86. The van der Waals surface area contributed by atoms with Crippen LogP contribution in [0.3, 0.4) is 0 Å². The number of hydrazine groups is 1. The second-order valence-corrected chi connectivity index (χ2v) is 2.86. The number of carbonyl (C=O) groups excluding carboxylic acids is 1. The molecule has 0 atom stereocenters. The molecule has 1 rings (SSSR count). The maximum atomic E-state index is 11.1. The van der Waals surface area contributed by atoms with Gasteiger partial charge in [-0.1, -0.05) is 12.2 Å². The normalized spacial score (nSPS) is 10.8. The Bertz CT molecular complexity index is 344. The number of hydrogen-bond donors (Lipinski definition) is 2. The third kappa shape index (κ3) is 3.57. The molecule has 1 amide bonds. The molecule has 5 nitrogen and oxygen atoms in total. The molecule has 0 saturated heterocycles. The van der Waals surface area contributed by atoms with Crippen molar-refractivity contribution in [3.63, 3.8) is 0 Å². The largest absolute Gasteiger partial charge is 0.466 e. The van der Waals surface area contributed by atoms with E-state index in [1.807, 2.05) is 24.5 Å². The molecule has 1 heterocycles. The van der Waals surface area contributed by atoms with Gasteiger partial charge < -0.3 is 9.15 Å². The van der Waals surface area contributed by atoms with Crippen LogP contribution in [0, 0.1) is 0 Å². The first kappa shape index (κ1) is 11.5. The maximum absolute atomic E-state index is 11.1. The quantitative estimate of drug-likeness (QED) is 0.249. The zero-order valence-electron chi connectivity index (χ0n) is 8.53. The minimum Gasteiger partial charge on any atom is -0.466 e. The summed E-state index contributed by atoms with van der Waals surface area (Å²) in [6.45, 7) is 2.78. The van der Waals surface area contributed by atoms with Crippen LogP contribution < -0.4 is 11.3 Å². The SMILES string of the molecule is CC=CCOCc1cc(C(=O)NN)co1. The van der Waals surface area contributed by atoms with Gasteiger partial charge in [0.2, 0.25) is 0 Å². The maximum Gasteiger partial charge on any atom is 0.268 e. The third-order valence-corrected chi connectivity index (χ3v) is 1.74. The first-order valence-electron chi connectivity index (χ1n) is 4.55. The number of furan rings is 1. The van der Waals surface area contributed by atoms with Crippen molar-refractivity contribution in [2.24, 2.45) is 5.84 Å². The summed E-state index contributed by atoms with van der Waals surface area (Å²) in [5.74, 6) is 5.19. The van der Waals surface area contributed by atoms with Crippen LogP contribution in [0.4, 0.5) is 0 Å². The number of ether oxygens (including phenoxy) is 1. The smallest absolute Gasteiger partial charge is 0.268 e. The zero-order valence-corrected chi connectivity index (χ0v) is 8.53. The number of amides is 1. The third-order valence-electron chi connectivity index (χ3n) is 1.74. The van der Waals surface area contributed by atoms with Crippen molar-refractivity contribution in [2.45, 2.75) is 13.5 Å². The summed E-state index contributed by atoms with van der Waals surface area (Å²) in [6, 6.07) is 1.60. The van der Waals surface area contributed by atoms with E-state index >= 15 is 0 Å². The van der Waals surface area contributed by atoms with E-state index in [0.717, 1.165) is 0 Å². The highest BCUT2D eigenvalue weighted by atomic mass is 16.5. The molecule has 0 aromatic carbocycles. The number of allylic oxidation sites excluding steroid dienone is 1. The Balaban J connectivity index is 2.42. The first-order chi connectivity index (χ1) is 7.27. The fourth-order valence-corrected chi connectivity index (χ4v) is 0.983. The van der Waals surface area contributed by atoms with Gasteiger partial charge in [0.05, 0.1) is 12.2 Å². The van der Waals surface area contributed by atoms with Gasteiger partial charge in [-0.25, -0.2) is 5.84 Å². The molecule has 0 fully saturated rings. The predicted molar refractivity (Wildman–Crippen MR) is 54.8 cm³/mol. The van der Waals surface area contributed by atoms with Gasteiger partial charge in [0.15, 0.2) is 0 Å². The summed E-state index contributed by atoms with van der Waals surface area (Å²) in [5, 5.41) is 0. The summed E-state index contributed by atoms with van der Waals surface area (Å²) in [6.07, 6.45) is 5.13. The lowest BCUT2D eigenvalue weighted by Crippen LogP contribution is -2.29. The highest BCUT2D eigenvalue weighted by molar-refractivity contribution is 5.93. The summed E-state index contributed by atoms with van der Waals surface area (Å²) in [5.41, 5.74) is 2.41. The van der Waals surface area contributed by atoms with Crippen LogP contribution in [0.25, 0.3) is 0 Å². The number of hydrogen-bond acceptors (Lipinski definition) is 4. The van der Waals surface area contributed by atoms with Gasteiger partial charge in [-0.05, 0) is 13.0 Å². The van der Waals surface area contributed by atoms with Gasteiger partial charge in [-0.3, -0.25) is 10.2 Å². The monoisotopic (exact) mass is 210 g/mol. The number of nitrogens with two attached hydrogens (primary N) is 1.